The summed E-state index contributed by atoms with van der Waals surface area (Å²) in [6.45, 7) is 10.0. The van der Waals surface area contributed by atoms with Gasteiger partial charge in [0.05, 0.1) is 0 Å². The van der Waals surface area contributed by atoms with Gasteiger partial charge in [0.2, 0.25) is 0 Å². The summed E-state index contributed by atoms with van der Waals surface area (Å²) in [5.41, 5.74) is 0. The number of hydrogen-bond donors (Lipinski definition) is 2. The maximum Gasteiger partial charge on any atom is 0.0454 e. The lowest BCUT2D eigenvalue weighted by molar-refractivity contribution is 0.435. The summed E-state index contributed by atoms with van der Waals surface area (Å²) in [6, 6.07) is 0. The molecule has 0 unspecified atom stereocenters. The van der Waals surface area contributed by atoms with Gasteiger partial charge >= 0.3 is 0 Å². The molecular formula is C11H26N2. The van der Waals surface area contributed by atoms with Crippen molar-refractivity contribution in [1.29, 1.82) is 0 Å². The Morgan fingerprint density at radius 1 is 1.00 bits per heavy atom. The topological polar surface area (TPSA) is 24.1 Å². The quantitative estimate of drug-likeness (QED) is 0.427. The van der Waals surface area contributed by atoms with Crippen LogP contribution in [0.15, 0.2) is 0 Å². The zero-order chi connectivity index (χ0) is 9.94. The molecule has 2 nitrogen and oxygen atoms in total. The van der Waals surface area contributed by atoms with Gasteiger partial charge in [-0.15, -0.1) is 0 Å². The fourth-order valence-electron chi connectivity index (χ4n) is 1.33. The second kappa shape index (κ2) is 10.0. The average Bonchev–Trinajstić information content (AvgIpc) is 2.17. The Labute approximate surface area is 83.5 Å². The summed E-state index contributed by atoms with van der Waals surface area (Å²) in [7, 11) is 0. The van der Waals surface area contributed by atoms with Gasteiger partial charge in [-0.2, -0.15) is 0 Å². The zero-order valence-electron chi connectivity index (χ0n) is 9.53. The van der Waals surface area contributed by atoms with Gasteiger partial charge in [0.1, 0.15) is 0 Å². The summed E-state index contributed by atoms with van der Waals surface area (Å²) in [5, 5.41) is 6.81. The van der Waals surface area contributed by atoms with Crippen LogP contribution in [0, 0.1) is 5.92 Å². The average molecular weight is 186 g/mol. The van der Waals surface area contributed by atoms with Crippen LogP contribution in [0.2, 0.25) is 0 Å². The maximum atomic E-state index is 3.44. The van der Waals surface area contributed by atoms with E-state index < -0.39 is 0 Å². The molecule has 0 fully saturated rings. The molecule has 0 bridgehead atoms. The van der Waals surface area contributed by atoms with E-state index in [1.807, 2.05) is 0 Å². The van der Waals surface area contributed by atoms with Crippen molar-refractivity contribution in [1.82, 2.24) is 10.6 Å². The molecule has 0 saturated heterocycles. The highest BCUT2D eigenvalue weighted by atomic mass is 15.0. The summed E-state index contributed by atoms with van der Waals surface area (Å²) in [5.74, 6) is 0.855. The zero-order valence-corrected chi connectivity index (χ0v) is 9.53. The van der Waals surface area contributed by atoms with Crippen LogP contribution in [-0.4, -0.2) is 19.8 Å². The molecule has 0 rings (SSSR count). The second-order valence-corrected chi connectivity index (χ2v) is 3.67. The first-order valence-corrected chi connectivity index (χ1v) is 5.76. The fourth-order valence-corrected chi connectivity index (χ4v) is 1.33. The van der Waals surface area contributed by atoms with Crippen LogP contribution < -0.4 is 10.6 Å². The van der Waals surface area contributed by atoms with Gasteiger partial charge in [0.25, 0.3) is 0 Å². The van der Waals surface area contributed by atoms with E-state index in [4.69, 9.17) is 0 Å². The molecule has 0 aliphatic heterocycles. The summed E-state index contributed by atoms with van der Waals surface area (Å²) in [4.78, 5) is 0. The van der Waals surface area contributed by atoms with Crippen molar-refractivity contribution in [3.63, 3.8) is 0 Å². The molecular weight excluding hydrogens is 160 g/mol. The standard InChI is InChI=1S/C11H26N2/c1-4-7-8-12-10-13-9-11(5-2)6-3/h11-13H,4-10H2,1-3H3. The van der Waals surface area contributed by atoms with Gasteiger partial charge in [-0.3, -0.25) is 0 Å². The molecule has 0 radical (unpaired) electrons. The molecule has 0 amide bonds. The number of unbranched alkanes of at least 4 members (excludes halogenated alkanes) is 1. The Balaban J connectivity index is 3.05. The minimum Gasteiger partial charge on any atom is -0.304 e. The van der Waals surface area contributed by atoms with Crippen LogP contribution in [0.1, 0.15) is 46.5 Å². The van der Waals surface area contributed by atoms with Crippen molar-refractivity contribution in [2.24, 2.45) is 5.92 Å². The smallest absolute Gasteiger partial charge is 0.0454 e. The predicted molar refractivity (Wildman–Crippen MR) is 59.9 cm³/mol. The summed E-state index contributed by atoms with van der Waals surface area (Å²) < 4.78 is 0. The molecule has 2 N–H and O–H groups in total. The Morgan fingerprint density at radius 3 is 2.23 bits per heavy atom. The minimum absolute atomic E-state index is 0.855. The molecule has 0 spiro atoms. The van der Waals surface area contributed by atoms with Gasteiger partial charge in [-0.25, -0.2) is 0 Å². The normalized spacial score (nSPS) is 11.1. The first kappa shape index (κ1) is 12.9. The molecule has 0 aromatic rings. The highest BCUT2D eigenvalue weighted by Crippen LogP contribution is 2.04. The van der Waals surface area contributed by atoms with Crippen LogP contribution in [0.3, 0.4) is 0 Å². The molecule has 0 atom stereocenters. The molecule has 2 heteroatoms. The molecule has 80 valence electrons. The van der Waals surface area contributed by atoms with Crippen molar-refractivity contribution in [2.75, 3.05) is 19.8 Å². The van der Waals surface area contributed by atoms with E-state index in [-0.39, 0.29) is 0 Å². The third-order valence-corrected chi connectivity index (χ3v) is 2.54. The predicted octanol–water partition coefficient (Wildman–Crippen LogP) is 2.36. The molecule has 0 aromatic heterocycles. The highest BCUT2D eigenvalue weighted by molar-refractivity contribution is 4.57. The lowest BCUT2D eigenvalue weighted by Crippen LogP contribution is -2.32. The van der Waals surface area contributed by atoms with Gasteiger partial charge in [-0.05, 0) is 25.4 Å². The SMILES string of the molecule is CCCCNCNCC(CC)CC. The lowest BCUT2D eigenvalue weighted by atomic mass is 10.0. The second-order valence-electron chi connectivity index (χ2n) is 3.67. The molecule has 13 heavy (non-hydrogen) atoms. The summed E-state index contributed by atoms with van der Waals surface area (Å²) in [6.07, 6.45) is 5.14. The van der Waals surface area contributed by atoms with Gasteiger partial charge in [0, 0.05) is 6.67 Å². The van der Waals surface area contributed by atoms with Crippen LogP contribution in [0.5, 0.6) is 0 Å². The van der Waals surface area contributed by atoms with Crippen molar-refractivity contribution in [2.45, 2.75) is 46.5 Å². The van der Waals surface area contributed by atoms with Crippen molar-refractivity contribution in [3.05, 3.63) is 0 Å². The molecule has 0 aromatic carbocycles. The molecule has 0 aliphatic rings. The Bertz CT molecular complexity index is 90.1. The van der Waals surface area contributed by atoms with Crippen LogP contribution in [0.25, 0.3) is 0 Å². The summed E-state index contributed by atoms with van der Waals surface area (Å²) >= 11 is 0. The van der Waals surface area contributed by atoms with E-state index in [1.54, 1.807) is 0 Å². The lowest BCUT2D eigenvalue weighted by Gasteiger charge is -2.13. The van der Waals surface area contributed by atoms with Crippen molar-refractivity contribution < 1.29 is 0 Å². The molecule has 0 heterocycles. The monoisotopic (exact) mass is 186 g/mol. The van der Waals surface area contributed by atoms with E-state index in [0.29, 0.717) is 0 Å². The van der Waals surface area contributed by atoms with E-state index in [9.17, 15) is 0 Å². The Morgan fingerprint density at radius 2 is 1.69 bits per heavy atom. The maximum absolute atomic E-state index is 3.44. The van der Waals surface area contributed by atoms with Gasteiger partial charge in [0.15, 0.2) is 0 Å². The van der Waals surface area contributed by atoms with Crippen LogP contribution in [0.4, 0.5) is 0 Å². The number of rotatable bonds is 9. The van der Waals surface area contributed by atoms with E-state index in [2.05, 4.69) is 31.4 Å². The van der Waals surface area contributed by atoms with E-state index in [1.165, 1.54) is 25.7 Å². The fraction of sp³-hybridized carbons (Fsp3) is 1.00. The third kappa shape index (κ3) is 8.26. The van der Waals surface area contributed by atoms with Crippen LogP contribution >= 0.6 is 0 Å². The molecule has 0 aliphatic carbocycles. The van der Waals surface area contributed by atoms with Crippen molar-refractivity contribution >= 4 is 0 Å². The third-order valence-electron chi connectivity index (χ3n) is 2.54. The highest BCUT2D eigenvalue weighted by Gasteiger charge is 2.00. The Kier molecular flexibility index (Phi) is 9.94. The van der Waals surface area contributed by atoms with Crippen molar-refractivity contribution in [3.8, 4) is 0 Å². The van der Waals surface area contributed by atoms with E-state index in [0.717, 1.165) is 25.7 Å². The van der Waals surface area contributed by atoms with Gasteiger partial charge < -0.3 is 10.6 Å². The van der Waals surface area contributed by atoms with E-state index >= 15 is 0 Å². The van der Waals surface area contributed by atoms with Gasteiger partial charge in [-0.1, -0.05) is 40.0 Å². The van der Waals surface area contributed by atoms with Crippen LogP contribution in [-0.2, 0) is 0 Å². The molecule has 0 saturated carbocycles. The first-order valence-electron chi connectivity index (χ1n) is 5.76. The minimum atomic E-state index is 0.855. The number of nitrogens with one attached hydrogen (secondary N) is 2. The Hall–Kier alpha value is -0.0800. The number of hydrogen-bond acceptors (Lipinski definition) is 2. The first-order chi connectivity index (χ1) is 6.35. The largest absolute Gasteiger partial charge is 0.304 e.